The predicted molar refractivity (Wildman–Crippen MR) is 84.1 cm³/mol. The first-order valence-corrected chi connectivity index (χ1v) is 7.22. The van der Waals surface area contributed by atoms with Gasteiger partial charge in [0.05, 0.1) is 7.11 Å². The van der Waals surface area contributed by atoms with E-state index in [-0.39, 0.29) is 5.91 Å². The van der Waals surface area contributed by atoms with Gasteiger partial charge in [0.25, 0.3) is 5.91 Å². The molecule has 0 unspecified atom stereocenters. The Bertz CT molecular complexity index is 656. The molecule has 5 heteroatoms. The molecule has 0 aromatic heterocycles. The van der Waals surface area contributed by atoms with E-state index in [4.69, 9.17) is 27.9 Å². The number of carbonyl (C=O) groups is 1. The van der Waals surface area contributed by atoms with Crippen molar-refractivity contribution in [2.24, 2.45) is 0 Å². The molecule has 108 valence electrons. The Labute approximate surface area is 133 Å². The minimum absolute atomic E-state index is 0.308. The average Bonchev–Trinajstić information content (AvgIpc) is 2.53. The summed E-state index contributed by atoms with van der Waals surface area (Å²) in [4.78, 5) is 13.8. The van der Waals surface area contributed by atoms with Gasteiger partial charge < -0.3 is 4.74 Å². The third-order valence-electron chi connectivity index (χ3n) is 3.57. The van der Waals surface area contributed by atoms with Crippen LogP contribution in [0.25, 0.3) is 0 Å². The molecule has 2 aromatic rings. The molecule has 3 rings (SSSR count). The van der Waals surface area contributed by atoms with E-state index in [2.05, 4.69) is 0 Å². The minimum atomic E-state index is -1.44. The summed E-state index contributed by atoms with van der Waals surface area (Å²) in [5, 5.41) is 0. The van der Waals surface area contributed by atoms with Crippen LogP contribution >= 0.6 is 23.2 Å². The van der Waals surface area contributed by atoms with Crippen LogP contribution in [0.3, 0.4) is 0 Å². The average molecular weight is 322 g/mol. The van der Waals surface area contributed by atoms with E-state index >= 15 is 0 Å². The second-order valence-electron chi connectivity index (χ2n) is 4.81. The Kier molecular flexibility index (Phi) is 3.56. The number of hydrogen-bond acceptors (Lipinski definition) is 2. The standard InChI is InChI=1S/C16H13Cl2NO2/c1-21-13-9-7-11(8-10-13)14-16(17,18)15(20)19(14)12-5-3-2-4-6-12/h2-10,14H,1H3/t14-/m0/s1. The zero-order valence-corrected chi connectivity index (χ0v) is 12.8. The topological polar surface area (TPSA) is 29.5 Å². The van der Waals surface area contributed by atoms with Crippen LogP contribution in [0.1, 0.15) is 11.6 Å². The number of methoxy groups -OCH3 is 1. The highest BCUT2D eigenvalue weighted by molar-refractivity contribution is 6.62. The molecule has 0 aliphatic carbocycles. The van der Waals surface area contributed by atoms with Crippen LogP contribution in [0.4, 0.5) is 5.69 Å². The number of para-hydroxylation sites is 1. The van der Waals surface area contributed by atoms with Gasteiger partial charge in [-0.15, -0.1) is 0 Å². The lowest BCUT2D eigenvalue weighted by Crippen LogP contribution is -2.62. The summed E-state index contributed by atoms with van der Waals surface area (Å²) < 4.78 is 3.70. The van der Waals surface area contributed by atoms with Crippen LogP contribution in [0.15, 0.2) is 54.6 Å². The van der Waals surface area contributed by atoms with Crippen LogP contribution in [-0.2, 0) is 4.79 Å². The van der Waals surface area contributed by atoms with Crippen molar-refractivity contribution in [1.29, 1.82) is 0 Å². The molecule has 3 nitrogen and oxygen atoms in total. The molecule has 0 spiro atoms. The fourth-order valence-electron chi connectivity index (χ4n) is 2.49. The normalized spacial score (nSPS) is 20.0. The highest BCUT2D eigenvalue weighted by Gasteiger charge is 2.60. The quantitative estimate of drug-likeness (QED) is 0.632. The molecule has 2 aromatic carbocycles. The van der Waals surface area contributed by atoms with Crippen LogP contribution in [-0.4, -0.2) is 17.4 Å². The van der Waals surface area contributed by atoms with Crippen molar-refractivity contribution in [3.8, 4) is 5.75 Å². The molecule has 1 atom stereocenters. The van der Waals surface area contributed by atoms with Gasteiger partial charge in [-0.25, -0.2) is 0 Å². The van der Waals surface area contributed by atoms with Crippen molar-refractivity contribution in [2.75, 3.05) is 12.0 Å². The van der Waals surface area contributed by atoms with Gasteiger partial charge >= 0.3 is 0 Å². The molecular formula is C16H13Cl2NO2. The summed E-state index contributed by atoms with van der Waals surface area (Å²) in [5.74, 6) is 0.434. The van der Waals surface area contributed by atoms with Crippen molar-refractivity contribution in [1.82, 2.24) is 0 Å². The van der Waals surface area contributed by atoms with Crippen LogP contribution in [0, 0.1) is 0 Å². The third kappa shape index (κ3) is 2.27. The molecule has 0 bridgehead atoms. The highest BCUT2D eigenvalue weighted by atomic mass is 35.5. The zero-order valence-electron chi connectivity index (χ0n) is 11.3. The third-order valence-corrected chi connectivity index (χ3v) is 4.31. The Morgan fingerprint density at radius 1 is 1.05 bits per heavy atom. The summed E-state index contributed by atoms with van der Waals surface area (Å²) in [7, 11) is 1.60. The fourth-order valence-corrected chi connectivity index (χ4v) is 3.12. The maximum atomic E-state index is 12.2. The summed E-state index contributed by atoms with van der Waals surface area (Å²) in [6, 6.07) is 16.3. The van der Waals surface area contributed by atoms with Crippen molar-refractivity contribution < 1.29 is 9.53 Å². The van der Waals surface area contributed by atoms with Crippen molar-refractivity contribution in [3.05, 3.63) is 60.2 Å². The number of carbonyl (C=O) groups excluding carboxylic acids is 1. The Balaban J connectivity index is 1.99. The lowest BCUT2D eigenvalue weighted by atomic mass is 9.91. The van der Waals surface area contributed by atoms with Gasteiger partial charge in [-0.1, -0.05) is 53.5 Å². The molecule has 1 heterocycles. The van der Waals surface area contributed by atoms with E-state index in [1.807, 2.05) is 54.6 Å². The van der Waals surface area contributed by atoms with Crippen molar-refractivity contribution in [3.63, 3.8) is 0 Å². The highest BCUT2D eigenvalue weighted by Crippen LogP contribution is 2.52. The summed E-state index contributed by atoms with van der Waals surface area (Å²) >= 11 is 12.4. The molecule has 0 radical (unpaired) electrons. The van der Waals surface area contributed by atoms with E-state index in [0.29, 0.717) is 0 Å². The van der Waals surface area contributed by atoms with E-state index < -0.39 is 10.4 Å². The molecule has 21 heavy (non-hydrogen) atoms. The lowest BCUT2D eigenvalue weighted by Gasteiger charge is -2.49. The SMILES string of the molecule is COc1ccc([C@@H]2N(c3ccccc3)C(=O)C2(Cl)Cl)cc1. The number of halogens is 2. The smallest absolute Gasteiger partial charge is 0.266 e. The van der Waals surface area contributed by atoms with Gasteiger partial charge in [0, 0.05) is 5.69 Å². The Hall–Kier alpha value is -1.71. The van der Waals surface area contributed by atoms with Gasteiger partial charge in [0.2, 0.25) is 4.33 Å². The summed E-state index contributed by atoms with van der Waals surface area (Å²) in [5.41, 5.74) is 1.64. The molecule has 1 aliphatic rings. The second kappa shape index (κ2) is 5.24. The van der Waals surface area contributed by atoms with Gasteiger partial charge in [-0.3, -0.25) is 9.69 Å². The number of anilines is 1. The molecular weight excluding hydrogens is 309 g/mol. The first-order chi connectivity index (χ1) is 10.1. The second-order valence-corrected chi connectivity index (χ2v) is 6.20. The number of β-lactam (4-membered cyclic amide) rings is 1. The number of hydrogen-bond donors (Lipinski definition) is 0. The predicted octanol–water partition coefficient (Wildman–Crippen LogP) is 3.96. The Morgan fingerprint density at radius 2 is 1.67 bits per heavy atom. The molecule has 1 saturated heterocycles. The fraction of sp³-hybridized carbons (Fsp3) is 0.188. The van der Waals surface area contributed by atoms with E-state index in [0.717, 1.165) is 17.0 Å². The summed E-state index contributed by atoms with van der Waals surface area (Å²) in [6.07, 6.45) is 0. The van der Waals surface area contributed by atoms with E-state index in [9.17, 15) is 4.79 Å². The van der Waals surface area contributed by atoms with Gasteiger partial charge in [-0.05, 0) is 29.8 Å². The lowest BCUT2D eigenvalue weighted by molar-refractivity contribution is -0.125. The van der Waals surface area contributed by atoms with Gasteiger partial charge in [-0.2, -0.15) is 0 Å². The first kappa shape index (κ1) is 14.2. The van der Waals surface area contributed by atoms with Crippen LogP contribution < -0.4 is 9.64 Å². The molecule has 0 saturated carbocycles. The number of rotatable bonds is 3. The van der Waals surface area contributed by atoms with E-state index in [1.54, 1.807) is 12.0 Å². The minimum Gasteiger partial charge on any atom is -0.497 e. The van der Waals surface area contributed by atoms with Crippen LogP contribution in [0.5, 0.6) is 5.75 Å². The van der Waals surface area contributed by atoms with Crippen LogP contribution in [0.2, 0.25) is 0 Å². The number of nitrogens with zero attached hydrogens (tertiary/aromatic N) is 1. The van der Waals surface area contributed by atoms with E-state index in [1.165, 1.54) is 0 Å². The van der Waals surface area contributed by atoms with Crippen molar-refractivity contribution in [2.45, 2.75) is 10.4 Å². The summed E-state index contributed by atoms with van der Waals surface area (Å²) in [6.45, 7) is 0. The largest absolute Gasteiger partial charge is 0.497 e. The monoisotopic (exact) mass is 321 g/mol. The van der Waals surface area contributed by atoms with Gasteiger partial charge in [0.1, 0.15) is 11.8 Å². The maximum absolute atomic E-state index is 12.2. The molecule has 1 amide bonds. The zero-order chi connectivity index (χ0) is 15.0. The maximum Gasteiger partial charge on any atom is 0.266 e. The van der Waals surface area contributed by atoms with Crippen molar-refractivity contribution >= 4 is 34.8 Å². The first-order valence-electron chi connectivity index (χ1n) is 6.46. The molecule has 1 fully saturated rings. The number of amides is 1. The number of alkyl halides is 2. The number of benzene rings is 2. The number of ether oxygens (including phenoxy) is 1. The molecule has 1 aliphatic heterocycles. The Morgan fingerprint density at radius 3 is 2.24 bits per heavy atom. The van der Waals surface area contributed by atoms with Gasteiger partial charge in [0.15, 0.2) is 0 Å². The molecule has 0 N–H and O–H groups in total.